The van der Waals surface area contributed by atoms with E-state index >= 15 is 0 Å². The van der Waals surface area contributed by atoms with Gasteiger partial charge < -0.3 is 0 Å². The van der Waals surface area contributed by atoms with E-state index < -0.39 is 0 Å². The number of benzene rings is 1. The van der Waals surface area contributed by atoms with Crippen LogP contribution in [0.4, 0.5) is 0 Å². The van der Waals surface area contributed by atoms with Gasteiger partial charge >= 0.3 is 139 Å². The van der Waals surface area contributed by atoms with Crippen LogP contribution in [0.25, 0.3) is 22.2 Å². The number of rotatable bonds is 1. The van der Waals surface area contributed by atoms with Crippen LogP contribution in [0.5, 0.6) is 11.5 Å². The molecule has 1 aliphatic heterocycles. The summed E-state index contributed by atoms with van der Waals surface area (Å²) in [6.45, 7) is 0. The first kappa shape index (κ1) is 13.6. The van der Waals surface area contributed by atoms with Crippen molar-refractivity contribution >= 4 is 25.7 Å². The molecule has 3 aromatic rings. The van der Waals surface area contributed by atoms with Gasteiger partial charge in [-0.3, -0.25) is 0 Å². The molecule has 118 valence electrons. The molecule has 5 nitrogen and oxygen atoms in total. The maximum absolute atomic E-state index is 6.59. The van der Waals surface area contributed by atoms with E-state index in [1.165, 1.54) is 23.7 Å². The van der Waals surface area contributed by atoms with E-state index in [2.05, 4.69) is 9.19 Å². The summed E-state index contributed by atoms with van der Waals surface area (Å²) in [7, 11) is 1.69. The van der Waals surface area contributed by atoms with Crippen LogP contribution in [-0.4, -0.2) is 31.0 Å². The van der Waals surface area contributed by atoms with Crippen molar-refractivity contribution in [2.45, 2.75) is 37.7 Å². The molecule has 1 aliphatic carbocycles. The quantitative estimate of drug-likeness (QED) is 0.610. The topological polar surface area (TPSA) is 57.4 Å². The van der Waals surface area contributed by atoms with Crippen LogP contribution in [0, 0.1) is 0 Å². The minimum absolute atomic E-state index is 0.0285. The third kappa shape index (κ3) is 1.79. The predicted molar refractivity (Wildman–Crippen MR) is 86.1 cm³/mol. The Morgan fingerprint density at radius 3 is 2.96 bits per heavy atom. The maximum atomic E-state index is 6.59. The molecular weight excluding hydrogens is 359 g/mol. The van der Waals surface area contributed by atoms with E-state index in [0.29, 0.717) is 0 Å². The molecule has 0 bridgehead atoms. The molecule has 6 heteroatoms. The molecular formula is C17H16N2O3Se. The van der Waals surface area contributed by atoms with Crippen molar-refractivity contribution in [2.24, 2.45) is 0 Å². The van der Waals surface area contributed by atoms with Crippen LogP contribution in [0.15, 0.2) is 22.8 Å². The normalized spacial score (nSPS) is 18.5. The molecule has 3 heterocycles. The molecule has 2 aliphatic rings. The zero-order valence-corrected chi connectivity index (χ0v) is 14.5. The molecule has 23 heavy (non-hydrogen) atoms. The molecule has 0 unspecified atom stereocenters. The van der Waals surface area contributed by atoms with Crippen LogP contribution >= 0.6 is 0 Å². The summed E-state index contributed by atoms with van der Waals surface area (Å²) >= 11 is 0.0285. The number of furan rings is 1. The predicted octanol–water partition coefficient (Wildman–Crippen LogP) is 3.51. The summed E-state index contributed by atoms with van der Waals surface area (Å²) in [5.74, 6) is 1.60. The van der Waals surface area contributed by atoms with Crippen molar-refractivity contribution < 1.29 is 13.9 Å². The molecule has 0 radical (unpaired) electrons. The van der Waals surface area contributed by atoms with Crippen LogP contribution in [0.2, 0.25) is 0 Å². The number of fused-ring (bicyclic) bond motifs is 5. The third-order valence-corrected chi connectivity index (χ3v) is 6.90. The Balaban J connectivity index is 1.81. The van der Waals surface area contributed by atoms with Crippen LogP contribution in [-0.2, 0) is 5.60 Å². The van der Waals surface area contributed by atoms with Gasteiger partial charge in [-0.05, 0) is 0 Å². The van der Waals surface area contributed by atoms with E-state index in [0.717, 1.165) is 46.6 Å². The van der Waals surface area contributed by atoms with Crippen LogP contribution in [0.1, 0.15) is 36.5 Å². The van der Waals surface area contributed by atoms with Crippen molar-refractivity contribution in [1.29, 1.82) is 0 Å². The number of ether oxygens (including phenoxy) is 2. The standard InChI is InChI=1S/C17H16N2O3Se/c1-20-15-10-5-8-21-11(10)9-12-13(15)14-16(23-19-18-14)17(22-12)6-3-2-4-7-17/h5,8-9H,2-4,6-7H2,1H3. The second-order valence-electron chi connectivity index (χ2n) is 6.22. The Hall–Kier alpha value is -1.78. The Kier molecular flexibility index (Phi) is 2.88. The van der Waals surface area contributed by atoms with Gasteiger partial charge in [0, 0.05) is 0 Å². The monoisotopic (exact) mass is 376 g/mol. The van der Waals surface area contributed by atoms with Gasteiger partial charge in [0.2, 0.25) is 0 Å². The van der Waals surface area contributed by atoms with E-state index in [1.54, 1.807) is 13.4 Å². The average Bonchev–Trinajstić information content (AvgIpc) is 3.23. The second-order valence-corrected chi connectivity index (χ2v) is 7.81. The zero-order valence-electron chi connectivity index (χ0n) is 12.8. The van der Waals surface area contributed by atoms with E-state index in [1.807, 2.05) is 12.1 Å². The van der Waals surface area contributed by atoms with Gasteiger partial charge in [0.15, 0.2) is 0 Å². The SMILES string of the molecule is COc1c2c(cc3occc13)OC1(CCCCC1)c1[se]nnc1-2. The van der Waals surface area contributed by atoms with Gasteiger partial charge in [-0.15, -0.1) is 0 Å². The molecule has 1 aromatic carbocycles. The summed E-state index contributed by atoms with van der Waals surface area (Å²) in [6, 6.07) is 3.91. The molecule has 2 aromatic heterocycles. The van der Waals surface area contributed by atoms with Gasteiger partial charge in [0.05, 0.1) is 0 Å². The summed E-state index contributed by atoms with van der Waals surface area (Å²) in [6.07, 6.45) is 7.46. The van der Waals surface area contributed by atoms with E-state index in [-0.39, 0.29) is 20.3 Å². The first-order chi connectivity index (χ1) is 11.3. The van der Waals surface area contributed by atoms with Gasteiger partial charge in [-0.1, -0.05) is 0 Å². The fraction of sp³-hybridized carbons (Fsp3) is 0.412. The Bertz CT molecular complexity index is 893. The molecule has 5 rings (SSSR count). The van der Waals surface area contributed by atoms with Crippen molar-refractivity contribution in [3.63, 3.8) is 0 Å². The number of hydrogen-bond donors (Lipinski definition) is 0. The Labute approximate surface area is 139 Å². The average molecular weight is 375 g/mol. The molecule has 1 fully saturated rings. The minimum atomic E-state index is -0.213. The number of nitrogens with zero attached hydrogens (tertiary/aromatic N) is 2. The van der Waals surface area contributed by atoms with Crippen LogP contribution < -0.4 is 9.47 Å². The number of methoxy groups -OCH3 is 1. The summed E-state index contributed by atoms with van der Waals surface area (Å²) < 4.78 is 23.5. The van der Waals surface area contributed by atoms with Gasteiger partial charge in [-0.25, -0.2) is 0 Å². The first-order valence-electron chi connectivity index (χ1n) is 7.93. The molecule has 0 N–H and O–H groups in total. The van der Waals surface area contributed by atoms with Crippen molar-refractivity contribution in [2.75, 3.05) is 7.11 Å². The Morgan fingerprint density at radius 1 is 1.26 bits per heavy atom. The molecule has 1 spiro atoms. The summed E-state index contributed by atoms with van der Waals surface area (Å²) in [5, 5.41) is 5.44. The summed E-state index contributed by atoms with van der Waals surface area (Å²) in [5.41, 5.74) is 2.50. The van der Waals surface area contributed by atoms with Gasteiger partial charge in [0.1, 0.15) is 0 Å². The fourth-order valence-corrected chi connectivity index (χ4v) is 5.71. The molecule has 0 amide bonds. The first-order valence-corrected chi connectivity index (χ1v) is 9.55. The van der Waals surface area contributed by atoms with E-state index in [9.17, 15) is 0 Å². The van der Waals surface area contributed by atoms with Crippen molar-refractivity contribution in [1.82, 2.24) is 9.19 Å². The zero-order chi connectivity index (χ0) is 15.4. The van der Waals surface area contributed by atoms with Crippen molar-refractivity contribution in [3.05, 3.63) is 22.8 Å². The van der Waals surface area contributed by atoms with Crippen LogP contribution in [0.3, 0.4) is 0 Å². The van der Waals surface area contributed by atoms with Gasteiger partial charge in [-0.2, -0.15) is 0 Å². The Morgan fingerprint density at radius 2 is 2.13 bits per heavy atom. The van der Waals surface area contributed by atoms with E-state index in [4.69, 9.17) is 13.9 Å². The third-order valence-electron chi connectivity index (χ3n) is 4.98. The summed E-state index contributed by atoms with van der Waals surface area (Å²) in [4.78, 5) is 0. The fourth-order valence-electron chi connectivity index (χ4n) is 3.94. The molecule has 1 saturated carbocycles. The number of aromatic nitrogens is 2. The number of hydrogen-bond acceptors (Lipinski definition) is 5. The second kappa shape index (κ2) is 4.86. The van der Waals surface area contributed by atoms with Gasteiger partial charge in [0.25, 0.3) is 0 Å². The molecule has 0 saturated heterocycles. The van der Waals surface area contributed by atoms with Crippen molar-refractivity contribution in [3.8, 4) is 22.8 Å². The molecule has 0 atom stereocenters.